The maximum atomic E-state index is 10.8. The van der Waals surface area contributed by atoms with Gasteiger partial charge in [-0.25, -0.2) is 0 Å². The van der Waals surface area contributed by atoms with Gasteiger partial charge in [0.1, 0.15) is 5.75 Å². The highest BCUT2D eigenvalue weighted by Gasteiger charge is 2.37. The first-order valence-corrected chi connectivity index (χ1v) is 5.95. The van der Waals surface area contributed by atoms with E-state index in [-0.39, 0.29) is 0 Å². The Labute approximate surface area is 106 Å². The van der Waals surface area contributed by atoms with Crippen LogP contribution in [-0.4, -0.2) is 5.11 Å². The number of hydrogen-bond donors (Lipinski definition) is 1. The van der Waals surface area contributed by atoms with Crippen LogP contribution in [0.2, 0.25) is 0 Å². The van der Waals surface area contributed by atoms with Crippen molar-refractivity contribution in [3.8, 4) is 5.75 Å². The standard InChI is InChI=1S/C16H14O2/c1-12-11-13-7-5-6-10-15(13)18-16(12,17)14-8-3-2-4-9-14/h2-11,17H,1H3. The topological polar surface area (TPSA) is 29.5 Å². The molecule has 0 radical (unpaired) electrons. The van der Waals surface area contributed by atoms with Crippen LogP contribution in [0.25, 0.3) is 6.08 Å². The smallest absolute Gasteiger partial charge is 0.257 e. The number of hydrogen-bond acceptors (Lipinski definition) is 2. The monoisotopic (exact) mass is 238 g/mol. The molecule has 90 valence electrons. The molecule has 0 amide bonds. The fraction of sp³-hybridized carbons (Fsp3) is 0.125. The molecule has 0 saturated heterocycles. The number of ether oxygens (including phenoxy) is 1. The molecular formula is C16H14O2. The Hall–Kier alpha value is -2.06. The predicted molar refractivity (Wildman–Crippen MR) is 71.1 cm³/mol. The number of benzene rings is 2. The zero-order chi connectivity index (χ0) is 12.6. The second kappa shape index (κ2) is 4.00. The fourth-order valence-corrected chi connectivity index (χ4v) is 2.21. The third-order valence-corrected chi connectivity index (χ3v) is 3.25. The SMILES string of the molecule is CC1=Cc2ccccc2OC1(O)c1ccccc1. The second-order valence-electron chi connectivity index (χ2n) is 4.48. The van der Waals surface area contributed by atoms with E-state index in [1.54, 1.807) is 0 Å². The van der Waals surface area contributed by atoms with Crippen LogP contribution in [-0.2, 0) is 5.79 Å². The van der Waals surface area contributed by atoms with Crippen LogP contribution >= 0.6 is 0 Å². The number of aliphatic hydroxyl groups is 1. The van der Waals surface area contributed by atoms with Crippen molar-refractivity contribution in [2.24, 2.45) is 0 Å². The maximum Gasteiger partial charge on any atom is 0.257 e. The zero-order valence-corrected chi connectivity index (χ0v) is 10.1. The van der Waals surface area contributed by atoms with Crippen molar-refractivity contribution in [2.75, 3.05) is 0 Å². The van der Waals surface area contributed by atoms with Gasteiger partial charge in [0, 0.05) is 16.7 Å². The Morgan fingerprint density at radius 3 is 2.39 bits per heavy atom. The normalized spacial score (nSPS) is 21.8. The van der Waals surface area contributed by atoms with E-state index in [0.717, 1.165) is 16.7 Å². The van der Waals surface area contributed by atoms with Crippen LogP contribution in [0.3, 0.4) is 0 Å². The Morgan fingerprint density at radius 2 is 1.61 bits per heavy atom. The molecule has 1 unspecified atom stereocenters. The van der Waals surface area contributed by atoms with Crippen molar-refractivity contribution in [2.45, 2.75) is 12.7 Å². The van der Waals surface area contributed by atoms with Gasteiger partial charge in [0.05, 0.1) is 0 Å². The Morgan fingerprint density at radius 1 is 0.944 bits per heavy atom. The fourth-order valence-electron chi connectivity index (χ4n) is 2.21. The molecule has 1 heterocycles. The van der Waals surface area contributed by atoms with Gasteiger partial charge in [0.15, 0.2) is 0 Å². The summed E-state index contributed by atoms with van der Waals surface area (Å²) >= 11 is 0. The third kappa shape index (κ3) is 1.62. The molecule has 18 heavy (non-hydrogen) atoms. The van der Waals surface area contributed by atoms with Crippen LogP contribution in [0.1, 0.15) is 18.1 Å². The van der Waals surface area contributed by atoms with E-state index in [1.165, 1.54) is 0 Å². The molecular weight excluding hydrogens is 224 g/mol. The highest BCUT2D eigenvalue weighted by molar-refractivity contribution is 5.64. The molecule has 0 fully saturated rings. The first kappa shape index (κ1) is 11.1. The number of rotatable bonds is 1. The molecule has 2 aromatic carbocycles. The molecule has 1 N–H and O–H groups in total. The lowest BCUT2D eigenvalue weighted by Crippen LogP contribution is -2.36. The van der Waals surface area contributed by atoms with E-state index in [4.69, 9.17) is 4.74 Å². The first-order valence-electron chi connectivity index (χ1n) is 5.95. The van der Waals surface area contributed by atoms with E-state index in [9.17, 15) is 5.11 Å². The lowest BCUT2D eigenvalue weighted by molar-refractivity contribution is -0.113. The van der Waals surface area contributed by atoms with Gasteiger partial charge in [-0.05, 0) is 19.1 Å². The van der Waals surface area contributed by atoms with Gasteiger partial charge in [0.25, 0.3) is 5.79 Å². The Bertz CT molecular complexity index is 602. The molecule has 2 aromatic rings. The lowest BCUT2D eigenvalue weighted by atomic mass is 9.94. The second-order valence-corrected chi connectivity index (χ2v) is 4.48. The van der Waals surface area contributed by atoms with Gasteiger partial charge in [-0.15, -0.1) is 0 Å². The van der Waals surface area contributed by atoms with Gasteiger partial charge in [-0.1, -0.05) is 48.5 Å². The highest BCUT2D eigenvalue weighted by Crippen LogP contribution is 2.39. The van der Waals surface area contributed by atoms with Crippen molar-refractivity contribution in [1.82, 2.24) is 0 Å². The van der Waals surface area contributed by atoms with E-state index < -0.39 is 5.79 Å². The Kier molecular flexibility index (Phi) is 2.46. The van der Waals surface area contributed by atoms with Crippen molar-refractivity contribution >= 4 is 6.08 Å². The minimum Gasteiger partial charge on any atom is -0.454 e. The average molecular weight is 238 g/mol. The molecule has 0 aromatic heterocycles. The summed E-state index contributed by atoms with van der Waals surface area (Å²) in [6.07, 6.45) is 1.96. The number of para-hydroxylation sites is 1. The minimum absolute atomic E-state index is 0.703. The van der Waals surface area contributed by atoms with E-state index >= 15 is 0 Å². The molecule has 1 aliphatic heterocycles. The van der Waals surface area contributed by atoms with Gasteiger partial charge < -0.3 is 9.84 Å². The summed E-state index contributed by atoms with van der Waals surface area (Å²) in [4.78, 5) is 0. The summed E-state index contributed by atoms with van der Waals surface area (Å²) in [7, 11) is 0. The van der Waals surface area contributed by atoms with Crippen LogP contribution in [0.4, 0.5) is 0 Å². The van der Waals surface area contributed by atoms with Gasteiger partial charge in [0.2, 0.25) is 0 Å². The van der Waals surface area contributed by atoms with Crippen LogP contribution in [0.5, 0.6) is 5.75 Å². The molecule has 0 spiro atoms. The molecule has 3 rings (SSSR count). The quantitative estimate of drug-likeness (QED) is 0.825. The minimum atomic E-state index is -1.37. The van der Waals surface area contributed by atoms with Crippen molar-refractivity contribution in [1.29, 1.82) is 0 Å². The van der Waals surface area contributed by atoms with Crippen molar-refractivity contribution in [3.63, 3.8) is 0 Å². The summed E-state index contributed by atoms with van der Waals surface area (Å²) in [5, 5.41) is 10.8. The predicted octanol–water partition coefficient (Wildman–Crippen LogP) is 3.33. The van der Waals surface area contributed by atoms with Gasteiger partial charge in [-0.3, -0.25) is 0 Å². The molecule has 0 bridgehead atoms. The molecule has 0 aliphatic carbocycles. The summed E-state index contributed by atoms with van der Waals surface area (Å²) < 4.78 is 5.80. The zero-order valence-electron chi connectivity index (χ0n) is 10.1. The molecule has 1 atom stereocenters. The van der Waals surface area contributed by atoms with E-state index in [1.807, 2.05) is 67.6 Å². The summed E-state index contributed by atoms with van der Waals surface area (Å²) in [6.45, 7) is 1.88. The van der Waals surface area contributed by atoms with E-state index in [2.05, 4.69) is 0 Å². The third-order valence-electron chi connectivity index (χ3n) is 3.25. The van der Waals surface area contributed by atoms with Gasteiger partial charge in [-0.2, -0.15) is 0 Å². The summed E-state index contributed by atoms with van der Waals surface area (Å²) in [5.74, 6) is -0.662. The average Bonchev–Trinajstić information content (AvgIpc) is 2.41. The highest BCUT2D eigenvalue weighted by atomic mass is 16.6. The first-order chi connectivity index (χ1) is 8.70. The molecule has 0 saturated carbocycles. The molecule has 2 heteroatoms. The van der Waals surface area contributed by atoms with Crippen molar-refractivity contribution < 1.29 is 9.84 Å². The molecule has 1 aliphatic rings. The maximum absolute atomic E-state index is 10.8. The van der Waals surface area contributed by atoms with Crippen molar-refractivity contribution in [3.05, 3.63) is 71.3 Å². The Balaban J connectivity index is 2.12. The summed E-state index contributed by atoms with van der Waals surface area (Å²) in [5.41, 5.74) is 2.52. The number of fused-ring (bicyclic) bond motifs is 1. The largest absolute Gasteiger partial charge is 0.454 e. The summed E-state index contributed by atoms with van der Waals surface area (Å²) in [6, 6.07) is 17.1. The van der Waals surface area contributed by atoms with Crippen LogP contribution in [0, 0.1) is 0 Å². The van der Waals surface area contributed by atoms with Gasteiger partial charge >= 0.3 is 0 Å². The van der Waals surface area contributed by atoms with Crippen LogP contribution in [0.15, 0.2) is 60.2 Å². The van der Waals surface area contributed by atoms with E-state index in [0.29, 0.717) is 5.75 Å². The van der Waals surface area contributed by atoms with Crippen LogP contribution < -0.4 is 4.74 Å². The molecule has 2 nitrogen and oxygen atoms in total. The lowest BCUT2D eigenvalue weighted by Gasteiger charge is -2.34.